The van der Waals surface area contributed by atoms with E-state index in [2.05, 4.69) is 36.0 Å². The Hall–Kier alpha value is -0.610. The molecule has 0 aliphatic carbocycles. The molecule has 14 heavy (non-hydrogen) atoms. The summed E-state index contributed by atoms with van der Waals surface area (Å²) in [5.74, 6) is 0.685. The van der Waals surface area contributed by atoms with Gasteiger partial charge in [-0.3, -0.25) is 5.10 Å². The first-order valence-electron chi connectivity index (χ1n) is 4.64. The largest absolute Gasteiger partial charge is 0.370 e. The van der Waals surface area contributed by atoms with Crippen molar-refractivity contribution in [2.75, 3.05) is 6.61 Å². The molecule has 4 nitrogen and oxygen atoms in total. The van der Waals surface area contributed by atoms with Gasteiger partial charge in [-0.15, -0.1) is 5.10 Å². The van der Waals surface area contributed by atoms with Crippen molar-refractivity contribution in [2.24, 2.45) is 5.41 Å². The lowest BCUT2D eigenvalue weighted by molar-refractivity contribution is -0.0188. The molecule has 0 fully saturated rings. The molecule has 0 spiro atoms. The topological polar surface area (TPSA) is 50.8 Å². The van der Waals surface area contributed by atoms with Crippen LogP contribution in [0.1, 0.15) is 39.6 Å². The van der Waals surface area contributed by atoms with E-state index >= 15 is 0 Å². The summed E-state index contributed by atoms with van der Waals surface area (Å²) in [4.78, 5) is 4.07. The predicted octanol–water partition coefficient (Wildman–Crippen LogP) is 2.58. The second kappa shape index (κ2) is 4.28. The van der Waals surface area contributed by atoms with Gasteiger partial charge < -0.3 is 4.74 Å². The maximum atomic E-state index is 5.65. The van der Waals surface area contributed by atoms with Gasteiger partial charge in [0.15, 0.2) is 5.82 Å². The molecular weight excluding hydrogens is 202 g/mol. The summed E-state index contributed by atoms with van der Waals surface area (Å²) in [5.41, 5.74) is -0.0289. The van der Waals surface area contributed by atoms with E-state index in [1.165, 1.54) is 0 Å². The summed E-state index contributed by atoms with van der Waals surface area (Å²) in [6, 6.07) is 0. The highest BCUT2D eigenvalue weighted by molar-refractivity contribution is 6.28. The molecule has 0 amide bonds. The fraction of sp³-hybridized carbons (Fsp3) is 0.778. The summed E-state index contributed by atoms with van der Waals surface area (Å²) in [6.07, 6.45) is -0.104. The van der Waals surface area contributed by atoms with Crippen molar-refractivity contribution in [3.8, 4) is 0 Å². The molecule has 0 aliphatic rings. The van der Waals surface area contributed by atoms with Gasteiger partial charge in [0.25, 0.3) is 0 Å². The van der Waals surface area contributed by atoms with Gasteiger partial charge in [-0.1, -0.05) is 20.8 Å². The molecule has 1 aromatic heterocycles. The molecule has 0 aliphatic heterocycles. The number of aromatic amines is 1. The van der Waals surface area contributed by atoms with Crippen molar-refractivity contribution in [3.05, 3.63) is 11.1 Å². The zero-order valence-corrected chi connectivity index (χ0v) is 9.72. The van der Waals surface area contributed by atoms with Crippen molar-refractivity contribution in [3.63, 3.8) is 0 Å². The Morgan fingerprint density at radius 2 is 2.14 bits per heavy atom. The number of hydrogen-bond donors (Lipinski definition) is 1. The van der Waals surface area contributed by atoms with Crippen LogP contribution in [0.2, 0.25) is 5.28 Å². The number of nitrogens with zero attached hydrogens (tertiary/aromatic N) is 2. The standard InChI is InChI=1S/C9H16ClN3O/c1-5-14-6(9(2,3)4)7-11-8(10)13-12-7/h6H,5H2,1-4H3,(H,11,12,13). The van der Waals surface area contributed by atoms with Crippen molar-refractivity contribution in [1.82, 2.24) is 15.2 Å². The Balaban J connectivity index is 2.88. The average molecular weight is 218 g/mol. The number of nitrogens with one attached hydrogen (secondary N) is 1. The van der Waals surface area contributed by atoms with E-state index in [0.29, 0.717) is 12.4 Å². The minimum Gasteiger partial charge on any atom is -0.370 e. The molecule has 0 saturated carbocycles. The highest BCUT2D eigenvalue weighted by Crippen LogP contribution is 2.34. The zero-order valence-electron chi connectivity index (χ0n) is 8.97. The maximum absolute atomic E-state index is 5.65. The Morgan fingerprint density at radius 1 is 1.50 bits per heavy atom. The third-order valence-electron chi connectivity index (χ3n) is 1.84. The predicted molar refractivity (Wildman–Crippen MR) is 55.2 cm³/mol. The van der Waals surface area contributed by atoms with Crippen LogP contribution in [0.4, 0.5) is 0 Å². The first-order chi connectivity index (χ1) is 6.45. The van der Waals surface area contributed by atoms with Crippen LogP contribution in [0.5, 0.6) is 0 Å². The number of hydrogen-bond acceptors (Lipinski definition) is 3. The van der Waals surface area contributed by atoms with E-state index in [9.17, 15) is 0 Å². The summed E-state index contributed by atoms with van der Waals surface area (Å²) in [6.45, 7) is 8.86. The van der Waals surface area contributed by atoms with Crippen LogP contribution in [-0.2, 0) is 4.74 Å². The molecule has 0 saturated heterocycles. The lowest BCUT2D eigenvalue weighted by atomic mass is 9.88. The number of ether oxygens (including phenoxy) is 1. The summed E-state index contributed by atoms with van der Waals surface area (Å²) in [5, 5.41) is 6.79. The van der Waals surface area contributed by atoms with Crippen LogP contribution in [0.15, 0.2) is 0 Å². The quantitative estimate of drug-likeness (QED) is 0.847. The Morgan fingerprint density at radius 3 is 2.50 bits per heavy atom. The van der Waals surface area contributed by atoms with E-state index in [1.807, 2.05) is 6.92 Å². The molecule has 1 atom stereocenters. The number of aromatic nitrogens is 3. The maximum Gasteiger partial charge on any atom is 0.242 e. The number of H-pyrrole nitrogens is 1. The molecular formula is C9H16ClN3O. The van der Waals surface area contributed by atoms with E-state index in [0.717, 1.165) is 0 Å². The Labute approximate surface area is 89.0 Å². The molecule has 1 aromatic rings. The zero-order chi connectivity index (χ0) is 10.8. The van der Waals surface area contributed by atoms with Gasteiger partial charge in [0.2, 0.25) is 5.28 Å². The van der Waals surface area contributed by atoms with Crippen LogP contribution in [0.3, 0.4) is 0 Å². The number of halogens is 1. The van der Waals surface area contributed by atoms with Crippen molar-refractivity contribution >= 4 is 11.6 Å². The minimum atomic E-state index is -0.104. The second-order valence-electron chi connectivity index (χ2n) is 4.19. The van der Waals surface area contributed by atoms with Gasteiger partial charge in [0, 0.05) is 6.61 Å². The fourth-order valence-electron chi connectivity index (χ4n) is 1.28. The molecule has 1 unspecified atom stereocenters. The highest BCUT2D eigenvalue weighted by Gasteiger charge is 2.29. The van der Waals surface area contributed by atoms with Gasteiger partial charge in [0.1, 0.15) is 6.10 Å². The van der Waals surface area contributed by atoms with Crippen molar-refractivity contribution in [1.29, 1.82) is 0 Å². The Bertz CT molecular complexity index is 292. The van der Waals surface area contributed by atoms with Gasteiger partial charge in [0.05, 0.1) is 0 Å². The van der Waals surface area contributed by atoms with Gasteiger partial charge in [-0.05, 0) is 23.9 Å². The van der Waals surface area contributed by atoms with Gasteiger partial charge in [-0.25, -0.2) is 0 Å². The van der Waals surface area contributed by atoms with Crippen LogP contribution >= 0.6 is 11.6 Å². The first-order valence-corrected chi connectivity index (χ1v) is 5.02. The van der Waals surface area contributed by atoms with E-state index in [4.69, 9.17) is 16.3 Å². The van der Waals surface area contributed by atoms with Crippen molar-refractivity contribution in [2.45, 2.75) is 33.8 Å². The highest BCUT2D eigenvalue weighted by atomic mass is 35.5. The lowest BCUT2D eigenvalue weighted by Gasteiger charge is -2.28. The first kappa shape index (κ1) is 11.5. The molecule has 0 bridgehead atoms. The molecule has 5 heteroatoms. The average Bonchev–Trinajstić information content (AvgIpc) is 2.45. The Kier molecular flexibility index (Phi) is 3.50. The van der Waals surface area contributed by atoms with Gasteiger partial charge in [-0.2, -0.15) is 4.98 Å². The molecule has 0 radical (unpaired) electrons. The molecule has 1 rings (SSSR count). The van der Waals surface area contributed by atoms with Crippen LogP contribution in [0.25, 0.3) is 0 Å². The van der Waals surface area contributed by atoms with E-state index in [-0.39, 0.29) is 16.8 Å². The third kappa shape index (κ3) is 2.69. The van der Waals surface area contributed by atoms with E-state index < -0.39 is 0 Å². The van der Waals surface area contributed by atoms with Gasteiger partial charge >= 0.3 is 0 Å². The third-order valence-corrected chi connectivity index (χ3v) is 2.01. The fourth-order valence-corrected chi connectivity index (χ4v) is 1.41. The van der Waals surface area contributed by atoms with Crippen LogP contribution in [-0.4, -0.2) is 21.8 Å². The smallest absolute Gasteiger partial charge is 0.242 e. The molecule has 1 N–H and O–H groups in total. The monoisotopic (exact) mass is 217 g/mol. The molecule has 1 heterocycles. The van der Waals surface area contributed by atoms with E-state index in [1.54, 1.807) is 0 Å². The molecule has 80 valence electrons. The van der Waals surface area contributed by atoms with Crippen LogP contribution in [0, 0.1) is 5.41 Å². The second-order valence-corrected chi connectivity index (χ2v) is 4.53. The normalized spacial score (nSPS) is 14.4. The molecule has 0 aromatic carbocycles. The lowest BCUT2D eigenvalue weighted by Crippen LogP contribution is -2.22. The SMILES string of the molecule is CCOC(c1nc(Cl)n[nH]1)C(C)(C)C. The van der Waals surface area contributed by atoms with Crippen LogP contribution < -0.4 is 0 Å². The number of rotatable bonds is 3. The summed E-state index contributed by atoms with van der Waals surface area (Å²) < 4.78 is 5.61. The summed E-state index contributed by atoms with van der Waals surface area (Å²) >= 11 is 5.65. The summed E-state index contributed by atoms with van der Waals surface area (Å²) in [7, 11) is 0. The minimum absolute atomic E-state index is 0.0289. The van der Waals surface area contributed by atoms with Crippen molar-refractivity contribution < 1.29 is 4.74 Å².